The maximum absolute atomic E-state index is 11.7. The second-order valence-corrected chi connectivity index (χ2v) is 3.77. The normalized spacial score (nSPS) is 10.5. The second-order valence-electron chi connectivity index (χ2n) is 3.77. The number of carbonyl (C=O) groups excluding carboxylic acids is 1. The average molecular weight is 238 g/mol. The fourth-order valence-electron chi connectivity index (χ4n) is 1.60. The summed E-state index contributed by atoms with van der Waals surface area (Å²) in [4.78, 5) is 16.0. The molecule has 3 heteroatoms. The Morgan fingerprint density at radius 1 is 1.06 bits per heavy atom. The van der Waals surface area contributed by atoms with Gasteiger partial charge in [-0.3, -0.25) is 9.79 Å². The Morgan fingerprint density at radius 3 is 2.44 bits per heavy atom. The fourth-order valence-corrected chi connectivity index (χ4v) is 1.60. The van der Waals surface area contributed by atoms with E-state index in [4.69, 9.17) is 0 Å². The van der Waals surface area contributed by atoms with Crippen LogP contribution in [0.25, 0.3) is 0 Å². The molecule has 0 aliphatic heterocycles. The maximum atomic E-state index is 11.7. The maximum Gasteiger partial charge on any atom is 0.253 e. The van der Waals surface area contributed by atoms with Crippen molar-refractivity contribution in [1.82, 2.24) is 5.32 Å². The molecular weight excluding hydrogens is 224 g/mol. The minimum absolute atomic E-state index is 0.129. The van der Waals surface area contributed by atoms with Crippen molar-refractivity contribution >= 4 is 17.8 Å². The molecule has 0 aromatic heterocycles. The van der Waals surface area contributed by atoms with Gasteiger partial charge in [0.25, 0.3) is 5.91 Å². The van der Waals surface area contributed by atoms with Gasteiger partial charge in [0.15, 0.2) is 0 Å². The van der Waals surface area contributed by atoms with Crippen molar-refractivity contribution in [2.45, 2.75) is 0 Å². The number of para-hydroxylation sites is 1. The van der Waals surface area contributed by atoms with E-state index in [-0.39, 0.29) is 5.91 Å². The number of carbonyl (C=O) groups is 1. The Kier molecular flexibility index (Phi) is 3.86. The zero-order chi connectivity index (χ0) is 12.8. The molecule has 2 aromatic rings. The summed E-state index contributed by atoms with van der Waals surface area (Å²) in [6.45, 7) is 0. The van der Waals surface area contributed by atoms with E-state index >= 15 is 0 Å². The lowest BCUT2D eigenvalue weighted by atomic mass is 10.1. The van der Waals surface area contributed by atoms with E-state index in [2.05, 4.69) is 10.3 Å². The van der Waals surface area contributed by atoms with Gasteiger partial charge in [0, 0.05) is 13.3 Å². The Bertz CT molecular complexity index is 562. The van der Waals surface area contributed by atoms with E-state index < -0.39 is 0 Å². The molecule has 18 heavy (non-hydrogen) atoms. The van der Waals surface area contributed by atoms with Crippen LogP contribution >= 0.6 is 0 Å². The first-order chi connectivity index (χ1) is 8.81. The number of rotatable bonds is 3. The molecule has 0 heterocycles. The highest BCUT2D eigenvalue weighted by molar-refractivity contribution is 5.99. The first-order valence-electron chi connectivity index (χ1n) is 5.71. The number of benzene rings is 2. The van der Waals surface area contributed by atoms with E-state index in [1.165, 1.54) is 0 Å². The highest BCUT2D eigenvalue weighted by atomic mass is 16.1. The molecule has 2 rings (SSSR count). The quantitative estimate of drug-likeness (QED) is 0.821. The predicted molar refractivity (Wildman–Crippen MR) is 73.5 cm³/mol. The van der Waals surface area contributed by atoms with Crippen molar-refractivity contribution in [2.24, 2.45) is 4.99 Å². The van der Waals surface area contributed by atoms with Crippen LogP contribution in [0, 0.1) is 0 Å². The summed E-state index contributed by atoms with van der Waals surface area (Å²) in [6.07, 6.45) is 1.75. The molecule has 0 bridgehead atoms. The lowest BCUT2D eigenvalue weighted by Gasteiger charge is -2.03. The lowest BCUT2D eigenvalue weighted by molar-refractivity contribution is 0.0964. The number of hydrogen-bond donors (Lipinski definition) is 1. The van der Waals surface area contributed by atoms with Crippen molar-refractivity contribution in [2.75, 3.05) is 7.05 Å². The minimum Gasteiger partial charge on any atom is -0.355 e. The van der Waals surface area contributed by atoms with Gasteiger partial charge in [-0.2, -0.15) is 0 Å². The molecule has 0 fully saturated rings. The van der Waals surface area contributed by atoms with Crippen molar-refractivity contribution in [3.05, 3.63) is 65.7 Å². The van der Waals surface area contributed by atoms with Gasteiger partial charge < -0.3 is 5.32 Å². The smallest absolute Gasteiger partial charge is 0.253 e. The van der Waals surface area contributed by atoms with Crippen molar-refractivity contribution in [3.63, 3.8) is 0 Å². The molecule has 0 aliphatic carbocycles. The number of aliphatic imine (C=N–C) groups is 1. The van der Waals surface area contributed by atoms with Gasteiger partial charge in [0.1, 0.15) is 0 Å². The summed E-state index contributed by atoms with van der Waals surface area (Å²) in [6, 6.07) is 17.1. The van der Waals surface area contributed by atoms with Gasteiger partial charge in [-0.05, 0) is 17.7 Å². The molecule has 0 saturated carbocycles. The number of nitrogens with zero attached hydrogens (tertiary/aromatic N) is 1. The van der Waals surface area contributed by atoms with E-state index in [0.29, 0.717) is 11.3 Å². The molecule has 0 saturated heterocycles. The topological polar surface area (TPSA) is 41.5 Å². The van der Waals surface area contributed by atoms with Crippen LogP contribution in [0.2, 0.25) is 0 Å². The third-order valence-electron chi connectivity index (χ3n) is 2.53. The molecule has 90 valence electrons. The largest absolute Gasteiger partial charge is 0.355 e. The summed E-state index contributed by atoms with van der Waals surface area (Å²) >= 11 is 0. The highest BCUT2D eigenvalue weighted by Crippen LogP contribution is 2.18. The third-order valence-corrected chi connectivity index (χ3v) is 2.53. The molecular formula is C15H14N2O. The molecule has 1 amide bonds. The van der Waals surface area contributed by atoms with Crippen LogP contribution in [0.4, 0.5) is 5.69 Å². The third kappa shape index (κ3) is 2.83. The Hall–Kier alpha value is -2.42. The van der Waals surface area contributed by atoms with Crippen LogP contribution in [-0.4, -0.2) is 19.2 Å². The molecule has 1 N–H and O–H groups in total. The van der Waals surface area contributed by atoms with Gasteiger partial charge >= 0.3 is 0 Å². The summed E-state index contributed by atoms with van der Waals surface area (Å²) in [7, 11) is 1.61. The summed E-state index contributed by atoms with van der Waals surface area (Å²) in [5.41, 5.74) is 2.25. The highest BCUT2D eigenvalue weighted by Gasteiger charge is 2.07. The van der Waals surface area contributed by atoms with Gasteiger partial charge in [-0.1, -0.05) is 42.5 Å². The van der Waals surface area contributed by atoms with Crippen LogP contribution in [-0.2, 0) is 0 Å². The first-order valence-corrected chi connectivity index (χ1v) is 5.71. The minimum atomic E-state index is -0.129. The van der Waals surface area contributed by atoms with E-state index in [0.717, 1.165) is 5.56 Å². The number of nitrogens with one attached hydrogen (secondary N) is 1. The van der Waals surface area contributed by atoms with E-state index in [1.807, 2.05) is 48.5 Å². The van der Waals surface area contributed by atoms with Crippen LogP contribution in [0.1, 0.15) is 15.9 Å². The summed E-state index contributed by atoms with van der Waals surface area (Å²) in [5.74, 6) is -0.129. The summed E-state index contributed by atoms with van der Waals surface area (Å²) < 4.78 is 0. The number of amides is 1. The number of hydrogen-bond acceptors (Lipinski definition) is 2. The van der Waals surface area contributed by atoms with Crippen LogP contribution in [0.15, 0.2) is 59.6 Å². The van der Waals surface area contributed by atoms with Crippen molar-refractivity contribution in [1.29, 1.82) is 0 Å². The van der Waals surface area contributed by atoms with Crippen LogP contribution < -0.4 is 5.32 Å². The molecule has 0 aliphatic rings. The molecule has 0 atom stereocenters. The van der Waals surface area contributed by atoms with Crippen molar-refractivity contribution < 1.29 is 4.79 Å². The predicted octanol–water partition coefficient (Wildman–Crippen LogP) is 2.80. The second kappa shape index (κ2) is 5.77. The van der Waals surface area contributed by atoms with Crippen molar-refractivity contribution in [3.8, 4) is 0 Å². The SMILES string of the molecule is CNC(=O)c1ccccc1N=Cc1ccccc1. The van der Waals surface area contributed by atoms with Gasteiger partial charge in [0.2, 0.25) is 0 Å². The Labute approximate surface area is 106 Å². The zero-order valence-electron chi connectivity index (χ0n) is 10.1. The molecule has 0 unspecified atom stereocenters. The molecule has 2 aromatic carbocycles. The van der Waals surface area contributed by atoms with Crippen LogP contribution in [0.3, 0.4) is 0 Å². The summed E-state index contributed by atoms with van der Waals surface area (Å²) in [5, 5.41) is 2.61. The Balaban J connectivity index is 2.29. The molecule has 0 spiro atoms. The standard InChI is InChI=1S/C15H14N2O/c1-16-15(18)13-9-5-6-10-14(13)17-11-12-7-3-2-4-8-12/h2-11H,1H3,(H,16,18). The average Bonchev–Trinajstić information content (AvgIpc) is 2.45. The fraction of sp³-hybridized carbons (Fsp3) is 0.0667. The molecule has 0 radical (unpaired) electrons. The zero-order valence-corrected chi connectivity index (χ0v) is 10.1. The lowest BCUT2D eigenvalue weighted by Crippen LogP contribution is -2.17. The van der Waals surface area contributed by atoms with Gasteiger partial charge in [-0.25, -0.2) is 0 Å². The van der Waals surface area contributed by atoms with E-state index in [1.54, 1.807) is 19.3 Å². The Morgan fingerprint density at radius 2 is 1.72 bits per heavy atom. The monoisotopic (exact) mass is 238 g/mol. The van der Waals surface area contributed by atoms with Gasteiger partial charge in [0.05, 0.1) is 11.3 Å². The van der Waals surface area contributed by atoms with E-state index in [9.17, 15) is 4.79 Å². The molecule has 3 nitrogen and oxygen atoms in total. The first kappa shape index (κ1) is 12.0. The van der Waals surface area contributed by atoms with Gasteiger partial charge in [-0.15, -0.1) is 0 Å². The van der Waals surface area contributed by atoms with Crippen LogP contribution in [0.5, 0.6) is 0 Å².